The van der Waals surface area contributed by atoms with Crippen molar-refractivity contribution in [3.8, 4) is 5.75 Å². The molecule has 1 N–H and O–H groups in total. The summed E-state index contributed by atoms with van der Waals surface area (Å²) in [4.78, 5) is 9.88. The molecule has 5 nitrogen and oxygen atoms in total. The number of ether oxygens (including phenoxy) is 1. The largest absolute Gasteiger partial charge is 0.491 e. The van der Waals surface area contributed by atoms with Crippen molar-refractivity contribution in [2.24, 2.45) is 0 Å². The molecule has 1 aliphatic rings. The molecule has 0 amide bonds. The zero-order chi connectivity index (χ0) is 11.8. The standard InChI is InChI=1S/C10H14ClN3O2/c1-3-10(15)5-14(6-10)8-7(16-2)4-12-9(11)13-8/h4,15H,3,5-6H2,1-2H3. The lowest BCUT2D eigenvalue weighted by Gasteiger charge is -2.46. The lowest BCUT2D eigenvalue weighted by atomic mass is 9.91. The lowest BCUT2D eigenvalue weighted by Crippen LogP contribution is -2.62. The molecule has 16 heavy (non-hydrogen) atoms. The highest BCUT2D eigenvalue weighted by molar-refractivity contribution is 6.28. The van der Waals surface area contributed by atoms with E-state index in [0.717, 1.165) is 6.42 Å². The molecule has 0 unspecified atom stereocenters. The third kappa shape index (κ3) is 1.92. The van der Waals surface area contributed by atoms with Crippen LogP contribution in [-0.2, 0) is 0 Å². The first kappa shape index (κ1) is 11.4. The smallest absolute Gasteiger partial charge is 0.224 e. The van der Waals surface area contributed by atoms with Crippen LogP contribution in [0.4, 0.5) is 5.82 Å². The number of anilines is 1. The van der Waals surface area contributed by atoms with E-state index in [1.165, 1.54) is 6.20 Å². The Morgan fingerprint density at radius 3 is 2.88 bits per heavy atom. The van der Waals surface area contributed by atoms with Gasteiger partial charge in [0.25, 0.3) is 0 Å². The second kappa shape index (κ2) is 4.07. The van der Waals surface area contributed by atoms with Gasteiger partial charge in [0.2, 0.25) is 5.28 Å². The van der Waals surface area contributed by atoms with Gasteiger partial charge in [-0.25, -0.2) is 4.98 Å². The Morgan fingerprint density at radius 2 is 2.31 bits per heavy atom. The number of aromatic nitrogens is 2. The molecular weight excluding hydrogens is 230 g/mol. The van der Waals surface area contributed by atoms with Crippen molar-refractivity contribution >= 4 is 17.4 Å². The molecule has 6 heteroatoms. The number of hydrogen-bond donors (Lipinski definition) is 1. The summed E-state index contributed by atoms with van der Waals surface area (Å²) in [5, 5.41) is 10.1. The van der Waals surface area contributed by atoms with Crippen LogP contribution in [0.15, 0.2) is 6.20 Å². The second-order valence-corrected chi connectivity index (χ2v) is 4.30. The number of hydrogen-bond acceptors (Lipinski definition) is 5. The topological polar surface area (TPSA) is 58.5 Å². The Bertz CT molecular complexity index is 394. The molecule has 0 spiro atoms. The molecule has 0 atom stereocenters. The molecule has 2 rings (SSSR count). The highest BCUT2D eigenvalue weighted by Crippen LogP contribution is 2.34. The highest BCUT2D eigenvalue weighted by atomic mass is 35.5. The SMILES string of the molecule is CCC1(O)CN(c2nc(Cl)ncc2OC)C1. The van der Waals surface area contributed by atoms with E-state index in [9.17, 15) is 5.11 Å². The maximum Gasteiger partial charge on any atom is 0.224 e. The molecule has 2 heterocycles. The van der Waals surface area contributed by atoms with Gasteiger partial charge in [-0.2, -0.15) is 4.98 Å². The molecule has 1 aromatic rings. The minimum absolute atomic E-state index is 0.183. The third-order valence-corrected chi connectivity index (χ3v) is 3.04. The molecule has 0 radical (unpaired) electrons. The highest BCUT2D eigenvalue weighted by Gasteiger charge is 2.41. The molecule has 0 bridgehead atoms. The van der Waals surface area contributed by atoms with E-state index in [1.54, 1.807) is 7.11 Å². The van der Waals surface area contributed by atoms with Gasteiger partial charge in [0.1, 0.15) is 0 Å². The summed E-state index contributed by atoms with van der Waals surface area (Å²) < 4.78 is 5.15. The van der Waals surface area contributed by atoms with Gasteiger partial charge in [-0.15, -0.1) is 0 Å². The van der Waals surface area contributed by atoms with E-state index >= 15 is 0 Å². The van der Waals surface area contributed by atoms with Crippen molar-refractivity contribution in [3.05, 3.63) is 11.5 Å². The maximum absolute atomic E-state index is 9.92. The average molecular weight is 244 g/mol. The normalized spacial score (nSPS) is 18.1. The Labute approximate surface area is 99.0 Å². The zero-order valence-corrected chi connectivity index (χ0v) is 10.0. The van der Waals surface area contributed by atoms with Crippen LogP contribution in [0.3, 0.4) is 0 Å². The first-order valence-electron chi connectivity index (χ1n) is 5.12. The number of rotatable bonds is 3. The molecule has 1 saturated heterocycles. The fourth-order valence-electron chi connectivity index (χ4n) is 1.75. The predicted octanol–water partition coefficient (Wildman–Crippen LogP) is 1.10. The van der Waals surface area contributed by atoms with E-state index < -0.39 is 5.60 Å². The summed E-state index contributed by atoms with van der Waals surface area (Å²) >= 11 is 5.74. The summed E-state index contributed by atoms with van der Waals surface area (Å²) in [5.41, 5.74) is -0.609. The molecule has 0 saturated carbocycles. The van der Waals surface area contributed by atoms with Gasteiger partial charge in [0.15, 0.2) is 11.6 Å². The van der Waals surface area contributed by atoms with E-state index in [-0.39, 0.29) is 5.28 Å². The summed E-state index contributed by atoms with van der Waals surface area (Å²) in [5.74, 6) is 1.21. The van der Waals surface area contributed by atoms with Gasteiger partial charge >= 0.3 is 0 Å². The minimum atomic E-state index is -0.609. The van der Waals surface area contributed by atoms with E-state index in [2.05, 4.69) is 9.97 Å². The Kier molecular flexibility index (Phi) is 2.90. The molecule has 0 aliphatic carbocycles. The van der Waals surface area contributed by atoms with Crippen molar-refractivity contribution in [2.75, 3.05) is 25.1 Å². The molecule has 88 valence electrons. The van der Waals surface area contributed by atoms with Crippen LogP contribution < -0.4 is 9.64 Å². The molecule has 1 aromatic heterocycles. The van der Waals surface area contributed by atoms with Gasteiger partial charge in [0.05, 0.1) is 32.0 Å². The number of nitrogens with zero attached hydrogens (tertiary/aromatic N) is 3. The van der Waals surface area contributed by atoms with Gasteiger partial charge in [-0.3, -0.25) is 0 Å². The second-order valence-electron chi connectivity index (χ2n) is 3.96. The molecule has 1 fully saturated rings. The van der Waals surface area contributed by atoms with Crippen LogP contribution in [0.1, 0.15) is 13.3 Å². The monoisotopic (exact) mass is 243 g/mol. The average Bonchev–Trinajstić information content (AvgIpc) is 2.24. The first-order valence-corrected chi connectivity index (χ1v) is 5.49. The fraction of sp³-hybridized carbons (Fsp3) is 0.600. The van der Waals surface area contributed by atoms with Crippen LogP contribution in [0.5, 0.6) is 5.75 Å². The summed E-state index contributed by atoms with van der Waals surface area (Å²) in [6.07, 6.45) is 2.26. The molecule has 1 aliphatic heterocycles. The summed E-state index contributed by atoms with van der Waals surface area (Å²) in [7, 11) is 1.56. The molecular formula is C10H14ClN3O2. The van der Waals surface area contributed by atoms with Gasteiger partial charge in [-0.05, 0) is 18.0 Å². The van der Waals surface area contributed by atoms with Crippen LogP contribution in [0.25, 0.3) is 0 Å². The molecule has 0 aromatic carbocycles. The summed E-state index contributed by atoms with van der Waals surface area (Å²) in [6, 6.07) is 0. The minimum Gasteiger partial charge on any atom is -0.491 e. The predicted molar refractivity (Wildman–Crippen MR) is 61.0 cm³/mol. The summed E-state index contributed by atoms with van der Waals surface area (Å²) in [6.45, 7) is 3.06. The first-order chi connectivity index (χ1) is 7.58. The number of methoxy groups -OCH3 is 1. The van der Waals surface area contributed by atoms with Crippen LogP contribution in [0.2, 0.25) is 5.28 Å². The third-order valence-electron chi connectivity index (χ3n) is 2.85. The van der Waals surface area contributed by atoms with Crippen molar-refractivity contribution in [3.63, 3.8) is 0 Å². The van der Waals surface area contributed by atoms with Gasteiger partial charge in [-0.1, -0.05) is 6.92 Å². The Hall–Kier alpha value is -1.07. The lowest BCUT2D eigenvalue weighted by molar-refractivity contribution is 0.00781. The van der Waals surface area contributed by atoms with Crippen LogP contribution >= 0.6 is 11.6 Å². The van der Waals surface area contributed by atoms with Crippen LogP contribution in [0, 0.1) is 0 Å². The van der Waals surface area contributed by atoms with E-state index in [1.807, 2.05) is 11.8 Å². The Balaban J connectivity index is 2.19. The number of aliphatic hydroxyl groups is 1. The Morgan fingerprint density at radius 1 is 1.62 bits per heavy atom. The van der Waals surface area contributed by atoms with Crippen molar-refractivity contribution < 1.29 is 9.84 Å². The van der Waals surface area contributed by atoms with E-state index in [4.69, 9.17) is 16.3 Å². The van der Waals surface area contributed by atoms with Gasteiger partial charge < -0.3 is 14.7 Å². The van der Waals surface area contributed by atoms with E-state index in [0.29, 0.717) is 24.7 Å². The maximum atomic E-state index is 9.92. The quantitative estimate of drug-likeness (QED) is 0.806. The fourth-order valence-corrected chi connectivity index (χ4v) is 1.88. The van der Waals surface area contributed by atoms with Crippen molar-refractivity contribution in [2.45, 2.75) is 18.9 Å². The number of β-amino-alcohol motifs (C(OH)–C–C–N with tert-alkyl or cyclic N) is 1. The zero-order valence-electron chi connectivity index (χ0n) is 9.27. The van der Waals surface area contributed by atoms with Crippen molar-refractivity contribution in [1.82, 2.24) is 9.97 Å². The van der Waals surface area contributed by atoms with Gasteiger partial charge in [0, 0.05) is 0 Å². The van der Waals surface area contributed by atoms with Crippen LogP contribution in [-0.4, -0.2) is 40.9 Å². The number of halogens is 1. The van der Waals surface area contributed by atoms with Crippen molar-refractivity contribution in [1.29, 1.82) is 0 Å².